The smallest absolute Gasteiger partial charge is 0.0991 e. The van der Waals surface area contributed by atoms with Crippen molar-refractivity contribution in [3.63, 3.8) is 0 Å². The molecule has 0 saturated heterocycles. The number of aromatic amines is 1. The highest BCUT2D eigenvalue weighted by atomic mass is 15.1. The maximum atomic E-state index is 8.71. The molecule has 14 heavy (non-hydrogen) atoms. The third-order valence-corrected chi connectivity index (χ3v) is 2.15. The fourth-order valence-electron chi connectivity index (χ4n) is 1.44. The number of H-pyrrole nitrogens is 1. The molecule has 0 fully saturated rings. The van der Waals surface area contributed by atoms with Crippen LogP contribution < -0.4 is 0 Å². The van der Waals surface area contributed by atoms with Gasteiger partial charge in [0.25, 0.3) is 0 Å². The molecule has 0 radical (unpaired) electrons. The van der Waals surface area contributed by atoms with E-state index in [0.717, 1.165) is 16.8 Å². The zero-order chi connectivity index (χ0) is 9.97. The van der Waals surface area contributed by atoms with Gasteiger partial charge < -0.3 is 0 Å². The van der Waals surface area contributed by atoms with Crippen LogP contribution in [0.3, 0.4) is 0 Å². The summed E-state index contributed by atoms with van der Waals surface area (Å²) in [5, 5.41) is 15.5. The minimum Gasteiger partial charge on any atom is -0.278 e. The van der Waals surface area contributed by atoms with Crippen molar-refractivity contribution in [2.75, 3.05) is 0 Å². The van der Waals surface area contributed by atoms with E-state index in [4.69, 9.17) is 5.26 Å². The average Bonchev–Trinajstić information content (AvgIpc) is 2.70. The van der Waals surface area contributed by atoms with Gasteiger partial charge in [-0.25, -0.2) is 0 Å². The van der Waals surface area contributed by atoms with Gasteiger partial charge in [-0.2, -0.15) is 10.4 Å². The number of hydrogen-bond acceptors (Lipinski definition) is 2. The normalized spacial score (nSPS) is 9.71. The van der Waals surface area contributed by atoms with Gasteiger partial charge in [0.1, 0.15) is 0 Å². The molecule has 3 heteroatoms. The molecule has 3 nitrogen and oxygen atoms in total. The van der Waals surface area contributed by atoms with Crippen LogP contribution in [-0.2, 0) is 0 Å². The number of aryl methyl sites for hydroxylation is 1. The summed E-state index contributed by atoms with van der Waals surface area (Å²) < 4.78 is 0. The monoisotopic (exact) mass is 183 g/mol. The second-order valence-corrected chi connectivity index (χ2v) is 3.11. The molecule has 0 spiro atoms. The summed E-state index contributed by atoms with van der Waals surface area (Å²) in [4.78, 5) is 0. The Balaban J connectivity index is 2.52. The highest BCUT2D eigenvalue weighted by Crippen LogP contribution is 2.21. The molecule has 0 saturated carbocycles. The molecule has 1 N–H and O–H groups in total. The van der Waals surface area contributed by atoms with Crippen molar-refractivity contribution in [1.29, 1.82) is 5.26 Å². The summed E-state index contributed by atoms with van der Waals surface area (Å²) in [5.74, 6) is 0. The predicted molar refractivity (Wildman–Crippen MR) is 53.5 cm³/mol. The first-order valence-corrected chi connectivity index (χ1v) is 4.32. The SMILES string of the molecule is Cc1cc(C#N)ccc1-c1ccn[nH]1. The molecule has 0 amide bonds. The van der Waals surface area contributed by atoms with Crippen LogP contribution in [0.2, 0.25) is 0 Å². The Hall–Kier alpha value is -2.08. The molecular weight excluding hydrogens is 174 g/mol. The predicted octanol–water partition coefficient (Wildman–Crippen LogP) is 2.26. The van der Waals surface area contributed by atoms with Gasteiger partial charge in [0.05, 0.1) is 17.3 Å². The molecule has 0 atom stereocenters. The van der Waals surface area contributed by atoms with E-state index in [-0.39, 0.29) is 0 Å². The van der Waals surface area contributed by atoms with E-state index in [9.17, 15) is 0 Å². The Kier molecular flexibility index (Phi) is 2.04. The maximum absolute atomic E-state index is 8.71. The fourth-order valence-corrected chi connectivity index (χ4v) is 1.44. The van der Waals surface area contributed by atoms with E-state index >= 15 is 0 Å². The van der Waals surface area contributed by atoms with E-state index in [0.29, 0.717) is 5.56 Å². The van der Waals surface area contributed by atoms with Crippen molar-refractivity contribution in [3.8, 4) is 17.3 Å². The second kappa shape index (κ2) is 3.35. The lowest BCUT2D eigenvalue weighted by molar-refractivity contribution is 1.09. The third kappa shape index (κ3) is 1.38. The standard InChI is InChI=1S/C11H9N3/c1-8-6-9(7-12)2-3-10(8)11-4-5-13-14-11/h2-6H,1H3,(H,13,14). The van der Waals surface area contributed by atoms with Gasteiger partial charge in [-0.3, -0.25) is 5.10 Å². The van der Waals surface area contributed by atoms with Crippen LogP contribution in [0.15, 0.2) is 30.5 Å². The molecule has 0 unspecified atom stereocenters. The highest BCUT2D eigenvalue weighted by molar-refractivity contribution is 5.64. The highest BCUT2D eigenvalue weighted by Gasteiger charge is 2.03. The molecule has 68 valence electrons. The van der Waals surface area contributed by atoms with Gasteiger partial charge in [0.2, 0.25) is 0 Å². The third-order valence-electron chi connectivity index (χ3n) is 2.15. The molecule has 2 aromatic rings. The molecule has 0 bridgehead atoms. The molecular formula is C11H9N3. The van der Waals surface area contributed by atoms with Crippen LogP contribution in [0.25, 0.3) is 11.3 Å². The quantitative estimate of drug-likeness (QED) is 0.737. The van der Waals surface area contributed by atoms with Crippen molar-refractivity contribution in [1.82, 2.24) is 10.2 Å². The first-order valence-electron chi connectivity index (χ1n) is 4.32. The van der Waals surface area contributed by atoms with Crippen LogP contribution in [0.5, 0.6) is 0 Å². The van der Waals surface area contributed by atoms with Crippen molar-refractivity contribution in [2.24, 2.45) is 0 Å². The Labute approximate surface area is 82.0 Å². The Morgan fingerprint density at radius 3 is 2.79 bits per heavy atom. The Morgan fingerprint density at radius 1 is 1.36 bits per heavy atom. The zero-order valence-electron chi connectivity index (χ0n) is 7.78. The summed E-state index contributed by atoms with van der Waals surface area (Å²) in [6.45, 7) is 1.98. The Morgan fingerprint density at radius 2 is 2.21 bits per heavy atom. The molecule has 1 aromatic carbocycles. The van der Waals surface area contributed by atoms with Crippen LogP contribution in [-0.4, -0.2) is 10.2 Å². The summed E-state index contributed by atoms with van der Waals surface area (Å²) in [5.41, 5.74) is 3.83. The summed E-state index contributed by atoms with van der Waals surface area (Å²) in [6, 6.07) is 9.64. The lowest BCUT2D eigenvalue weighted by Crippen LogP contribution is -1.85. The van der Waals surface area contributed by atoms with Crippen LogP contribution in [0.1, 0.15) is 11.1 Å². The van der Waals surface area contributed by atoms with Gasteiger partial charge in [0, 0.05) is 11.8 Å². The molecule has 0 aliphatic rings. The van der Waals surface area contributed by atoms with Crippen molar-refractivity contribution < 1.29 is 0 Å². The van der Waals surface area contributed by atoms with Gasteiger partial charge in [-0.1, -0.05) is 6.07 Å². The minimum atomic E-state index is 0.686. The lowest BCUT2D eigenvalue weighted by Gasteiger charge is -2.02. The van der Waals surface area contributed by atoms with Gasteiger partial charge in [-0.15, -0.1) is 0 Å². The summed E-state index contributed by atoms with van der Waals surface area (Å²) >= 11 is 0. The second-order valence-electron chi connectivity index (χ2n) is 3.11. The maximum Gasteiger partial charge on any atom is 0.0991 e. The number of aromatic nitrogens is 2. The number of rotatable bonds is 1. The minimum absolute atomic E-state index is 0.686. The van der Waals surface area contributed by atoms with Crippen molar-refractivity contribution in [3.05, 3.63) is 41.6 Å². The van der Waals surface area contributed by atoms with Crippen LogP contribution in [0, 0.1) is 18.3 Å². The summed E-state index contributed by atoms with van der Waals surface area (Å²) in [7, 11) is 0. The van der Waals surface area contributed by atoms with E-state index in [2.05, 4.69) is 16.3 Å². The fraction of sp³-hybridized carbons (Fsp3) is 0.0909. The van der Waals surface area contributed by atoms with Crippen molar-refractivity contribution in [2.45, 2.75) is 6.92 Å². The van der Waals surface area contributed by atoms with Crippen LogP contribution >= 0.6 is 0 Å². The van der Waals surface area contributed by atoms with Crippen molar-refractivity contribution >= 4 is 0 Å². The van der Waals surface area contributed by atoms with Gasteiger partial charge in [-0.05, 0) is 30.7 Å². The molecule has 0 aliphatic carbocycles. The van der Waals surface area contributed by atoms with Crippen LogP contribution in [0.4, 0.5) is 0 Å². The van der Waals surface area contributed by atoms with Gasteiger partial charge in [0.15, 0.2) is 0 Å². The average molecular weight is 183 g/mol. The zero-order valence-corrected chi connectivity index (χ0v) is 7.78. The molecule has 1 aromatic heterocycles. The number of nitriles is 1. The molecule has 1 heterocycles. The topological polar surface area (TPSA) is 52.5 Å². The number of benzene rings is 1. The largest absolute Gasteiger partial charge is 0.278 e. The summed E-state index contributed by atoms with van der Waals surface area (Å²) in [6.07, 6.45) is 1.72. The molecule has 0 aliphatic heterocycles. The van der Waals surface area contributed by atoms with E-state index in [1.54, 1.807) is 6.20 Å². The number of nitrogens with one attached hydrogen (secondary N) is 1. The van der Waals surface area contributed by atoms with E-state index in [1.165, 1.54) is 0 Å². The molecule has 2 rings (SSSR count). The van der Waals surface area contributed by atoms with E-state index < -0.39 is 0 Å². The number of nitrogens with zero attached hydrogens (tertiary/aromatic N) is 2. The number of hydrogen-bond donors (Lipinski definition) is 1. The first kappa shape index (κ1) is 8.52. The first-order chi connectivity index (χ1) is 6.81. The Bertz CT molecular complexity index is 478. The van der Waals surface area contributed by atoms with E-state index in [1.807, 2.05) is 31.2 Å². The van der Waals surface area contributed by atoms with Gasteiger partial charge >= 0.3 is 0 Å². The lowest BCUT2D eigenvalue weighted by atomic mass is 10.0.